The number of fused-ring (bicyclic) bond motifs is 1. The molecule has 2 fully saturated rings. The lowest BCUT2D eigenvalue weighted by Gasteiger charge is -2.40. The maximum absolute atomic E-state index is 11.2. The van der Waals surface area contributed by atoms with E-state index in [0.29, 0.717) is 12.6 Å². The molecule has 1 aliphatic carbocycles. The number of hydrogen-bond donors (Lipinski definition) is 1. The third kappa shape index (κ3) is 2.24. The van der Waals surface area contributed by atoms with E-state index in [0.717, 1.165) is 12.5 Å². The first-order valence-corrected chi connectivity index (χ1v) is 6.48. The van der Waals surface area contributed by atoms with Crippen LogP contribution in [0.2, 0.25) is 0 Å². The van der Waals surface area contributed by atoms with Gasteiger partial charge in [-0.3, -0.25) is 9.69 Å². The van der Waals surface area contributed by atoms with Gasteiger partial charge < -0.3 is 5.11 Å². The molecule has 16 heavy (non-hydrogen) atoms. The summed E-state index contributed by atoms with van der Waals surface area (Å²) >= 11 is 0. The third-order valence-electron chi connectivity index (χ3n) is 4.29. The highest BCUT2D eigenvalue weighted by Gasteiger charge is 2.39. The molecular weight excluding hydrogens is 202 g/mol. The van der Waals surface area contributed by atoms with Crippen molar-refractivity contribution in [3.05, 3.63) is 0 Å². The van der Waals surface area contributed by atoms with Crippen molar-refractivity contribution >= 4 is 5.97 Å². The predicted octanol–water partition coefficient (Wildman–Crippen LogP) is 2.36. The van der Waals surface area contributed by atoms with Crippen molar-refractivity contribution in [1.82, 2.24) is 4.90 Å². The number of carboxylic acid groups (broad SMARTS) is 1. The first-order valence-electron chi connectivity index (χ1n) is 6.48. The van der Waals surface area contributed by atoms with Crippen molar-refractivity contribution in [2.75, 3.05) is 13.1 Å². The Morgan fingerprint density at radius 1 is 1.31 bits per heavy atom. The monoisotopic (exact) mass is 225 g/mol. The fourth-order valence-electron chi connectivity index (χ4n) is 3.33. The summed E-state index contributed by atoms with van der Waals surface area (Å²) in [6.45, 7) is 5.49. The van der Waals surface area contributed by atoms with Gasteiger partial charge in [0.15, 0.2) is 0 Å². The topological polar surface area (TPSA) is 40.5 Å². The van der Waals surface area contributed by atoms with Crippen molar-refractivity contribution in [3.63, 3.8) is 0 Å². The van der Waals surface area contributed by atoms with Crippen LogP contribution in [0.4, 0.5) is 0 Å². The average molecular weight is 225 g/mol. The summed E-state index contributed by atoms with van der Waals surface area (Å²) in [5.41, 5.74) is -0.607. The minimum atomic E-state index is -0.673. The van der Waals surface area contributed by atoms with Gasteiger partial charge in [-0.05, 0) is 52.0 Å². The number of nitrogens with zero attached hydrogens (tertiary/aromatic N) is 1. The van der Waals surface area contributed by atoms with E-state index >= 15 is 0 Å². The Hall–Kier alpha value is -0.570. The number of hydrogen-bond acceptors (Lipinski definition) is 2. The molecule has 1 aliphatic heterocycles. The van der Waals surface area contributed by atoms with Gasteiger partial charge in [-0.15, -0.1) is 0 Å². The Labute approximate surface area is 97.8 Å². The molecule has 2 aliphatic rings. The Bertz CT molecular complexity index is 275. The highest BCUT2D eigenvalue weighted by molar-refractivity contribution is 5.73. The van der Waals surface area contributed by atoms with Gasteiger partial charge >= 0.3 is 5.97 Å². The van der Waals surface area contributed by atoms with Crippen LogP contribution in [0.3, 0.4) is 0 Å². The molecule has 0 aromatic heterocycles. The molecule has 0 aromatic carbocycles. The molecule has 0 radical (unpaired) electrons. The number of carboxylic acids is 1. The van der Waals surface area contributed by atoms with Gasteiger partial charge in [0.25, 0.3) is 0 Å². The van der Waals surface area contributed by atoms with Crippen LogP contribution in [0.25, 0.3) is 0 Å². The second-order valence-electron chi connectivity index (χ2n) is 6.06. The SMILES string of the molecule is CC(C)(CN1CCCC2CCCC21)C(=O)O. The molecule has 3 nitrogen and oxygen atoms in total. The largest absolute Gasteiger partial charge is 0.481 e. The zero-order chi connectivity index (χ0) is 11.8. The second-order valence-corrected chi connectivity index (χ2v) is 6.06. The number of likely N-dealkylation sites (tertiary alicyclic amines) is 1. The van der Waals surface area contributed by atoms with Gasteiger partial charge in [-0.2, -0.15) is 0 Å². The molecule has 0 spiro atoms. The van der Waals surface area contributed by atoms with Gasteiger partial charge in [0, 0.05) is 12.6 Å². The minimum Gasteiger partial charge on any atom is -0.481 e. The summed E-state index contributed by atoms with van der Waals surface area (Å²) in [5.74, 6) is 0.172. The maximum atomic E-state index is 11.2. The molecule has 0 amide bonds. The number of carbonyl (C=O) groups is 1. The van der Waals surface area contributed by atoms with E-state index in [1.807, 2.05) is 13.8 Å². The summed E-state index contributed by atoms with van der Waals surface area (Å²) < 4.78 is 0. The molecule has 2 atom stereocenters. The smallest absolute Gasteiger partial charge is 0.310 e. The molecule has 1 heterocycles. The maximum Gasteiger partial charge on any atom is 0.310 e. The van der Waals surface area contributed by atoms with Gasteiger partial charge in [-0.25, -0.2) is 0 Å². The van der Waals surface area contributed by atoms with Crippen molar-refractivity contribution in [2.24, 2.45) is 11.3 Å². The van der Waals surface area contributed by atoms with Crippen LogP contribution in [0.5, 0.6) is 0 Å². The van der Waals surface area contributed by atoms with E-state index in [2.05, 4.69) is 4.90 Å². The van der Waals surface area contributed by atoms with E-state index in [-0.39, 0.29) is 0 Å². The van der Waals surface area contributed by atoms with E-state index < -0.39 is 11.4 Å². The van der Waals surface area contributed by atoms with Crippen LogP contribution in [0.1, 0.15) is 46.0 Å². The standard InChI is InChI=1S/C13H23NO2/c1-13(2,12(15)16)9-14-8-4-6-10-5-3-7-11(10)14/h10-11H,3-9H2,1-2H3,(H,15,16). The van der Waals surface area contributed by atoms with E-state index in [9.17, 15) is 9.90 Å². The number of aliphatic carboxylic acids is 1. The van der Waals surface area contributed by atoms with Crippen molar-refractivity contribution in [3.8, 4) is 0 Å². The highest BCUT2D eigenvalue weighted by atomic mass is 16.4. The lowest BCUT2D eigenvalue weighted by molar-refractivity contribution is -0.148. The quantitative estimate of drug-likeness (QED) is 0.801. The van der Waals surface area contributed by atoms with Crippen LogP contribution in [-0.2, 0) is 4.79 Å². The van der Waals surface area contributed by atoms with Crippen LogP contribution in [-0.4, -0.2) is 35.1 Å². The normalized spacial score (nSPS) is 31.4. The van der Waals surface area contributed by atoms with Gasteiger partial charge in [0.05, 0.1) is 5.41 Å². The lowest BCUT2D eigenvalue weighted by atomic mass is 9.87. The van der Waals surface area contributed by atoms with Crippen molar-refractivity contribution in [1.29, 1.82) is 0 Å². The van der Waals surface area contributed by atoms with Gasteiger partial charge in [-0.1, -0.05) is 6.42 Å². The van der Waals surface area contributed by atoms with Gasteiger partial charge in [0.1, 0.15) is 0 Å². The Morgan fingerprint density at radius 3 is 2.69 bits per heavy atom. The number of piperidine rings is 1. The van der Waals surface area contributed by atoms with Crippen molar-refractivity contribution < 1.29 is 9.90 Å². The average Bonchev–Trinajstić information content (AvgIpc) is 2.65. The molecule has 0 bridgehead atoms. The predicted molar refractivity (Wildman–Crippen MR) is 63.4 cm³/mol. The van der Waals surface area contributed by atoms with E-state index in [1.165, 1.54) is 32.1 Å². The minimum absolute atomic E-state index is 0.607. The molecule has 0 aromatic rings. The van der Waals surface area contributed by atoms with E-state index in [4.69, 9.17) is 0 Å². The molecule has 3 heteroatoms. The molecule has 1 saturated heterocycles. The first-order chi connectivity index (χ1) is 7.50. The molecule has 92 valence electrons. The van der Waals surface area contributed by atoms with Crippen LogP contribution in [0.15, 0.2) is 0 Å². The molecule has 2 rings (SSSR count). The second kappa shape index (κ2) is 4.36. The van der Waals surface area contributed by atoms with E-state index in [1.54, 1.807) is 0 Å². The summed E-state index contributed by atoms with van der Waals surface area (Å²) in [4.78, 5) is 13.6. The highest BCUT2D eigenvalue weighted by Crippen LogP contribution is 2.38. The Kier molecular flexibility index (Phi) is 3.24. The first kappa shape index (κ1) is 11.9. The zero-order valence-corrected chi connectivity index (χ0v) is 10.4. The lowest BCUT2D eigenvalue weighted by Crippen LogP contribution is -2.48. The molecular formula is C13H23NO2. The Morgan fingerprint density at radius 2 is 2.00 bits per heavy atom. The summed E-state index contributed by atoms with van der Waals surface area (Å²) in [5, 5.41) is 9.19. The van der Waals surface area contributed by atoms with Crippen LogP contribution < -0.4 is 0 Å². The van der Waals surface area contributed by atoms with Crippen LogP contribution >= 0.6 is 0 Å². The van der Waals surface area contributed by atoms with Crippen molar-refractivity contribution in [2.45, 2.75) is 52.0 Å². The zero-order valence-electron chi connectivity index (χ0n) is 10.4. The fraction of sp³-hybridized carbons (Fsp3) is 0.923. The summed E-state index contributed by atoms with van der Waals surface area (Å²) in [6.07, 6.45) is 6.57. The third-order valence-corrected chi connectivity index (χ3v) is 4.29. The Balaban J connectivity index is 2.01. The molecule has 1 N–H and O–H groups in total. The summed E-state index contributed by atoms with van der Waals surface area (Å²) in [6, 6.07) is 0.673. The number of rotatable bonds is 3. The van der Waals surface area contributed by atoms with Crippen LogP contribution in [0, 0.1) is 11.3 Å². The summed E-state index contributed by atoms with van der Waals surface area (Å²) in [7, 11) is 0. The van der Waals surface area contributed by atoms with Gasteiger partial charge in [0.2, 0.25) is 0 Å². The fourth-order valence-corrected chi connectivity index (χ4v) is 3.33. The molecule has 1 saturated carbocycles. The molecule has 2 unspecified atom stereocenters.